The minimum atomic E-state index is -0.899. The van der Waals surface area contributed by atoms with Crippen LogP contribution in [-0.4, -0.2) is 50.0 Å². The SMILES string of the molecule is O=c1[nH]c(=O)n(C2CC(O)C(CO)O2)cc1/C=N/O. The molecule has 0 aromatic carbocycles. The molecule has 4 N–H and O–H groups in total. The number of hydrogen-bond acceptors (Lipinski definition) is 7. The lowest BCUT2D eigenvalue weighted by molar-refractivity contribution is -0.0459. The number of nitrogens with zero attached hydrogens (tertiary/aromatic N) is 2. The fraction of sp³-hybridized carbons (Fsp3) is 0.500. The zero-order valence-corrected chi connectivity index (χ0v) is 9.76. The van der Waals surface area contributed by atoms with Gasteiger partial charge in [-0.15, -0.1) is 0 Å². The molecule has 2 heterocycles. The molecule has 2 rings (SSSR count). The lowest BCUT2D eigenvalue weighted by Crippen LogP contribution is -2.34. The highest BCUT2D eigenvalue weighted by molar-refractivity contribution is 5.77. The Balaban J connectivity index is 2.38. The van der Waals surface area contributed by atoms with Gasteiger partial charge in [0.2, 0.25) is 0 Å². The summed E-state index contributed by atoms with van der Waals surface area (Å²) in [6.45, 7) is -0.374. The fourth-order valence-corrected chi connectivity index (χ4v) is 1.92. The van der Waals surface area contributed by atoms with Crippen LogP contribution >= 0.6 is 0 Å². The molecule has 0 spiro atoms. The smallest absolute Gasteiger partial charge is 0.330 e. The Labute approximate surface area is 106 Å². The molecule has 3 unspecified atom stereocenters. The van der Waals surface area contributed by atoms with E-state index in [0.717, 1.165) is 17.0 Å². The van der Waals surface area contributed by atoms with E-state index in [2.05, 4.69) is 5.16 Å². The van der Waals surface area contributed by atoms with Gasteiger partial charge in [0.1, 0.15) is 12.3 Å². The van der Waals surface area contributed by atoms with Gasteiger partial charge >= 0.3 is 5.69 Å². The number of aliphatic hydroxyl groups is 2. The number of ether oxygens (including phenoxy) is 1. The average molecular weight is 271 g/mol. The van der Waals surface area contributed by atoms with Gasteiger partial charge in [-0.3, -0.25) is 14.3 Å². The summed E-state index contributed by atoms with van der Waals surface area (Å²) in [5.74, 6) is 0. The first kappa shape index (κ1) is 13.5. The Bertz CT molecular complexity index is 592. The van der Waals surface area contributed by atoms with Crippen molar-refractivity contribution in [2.24, 2.45) is 5.16 Å². The van der Waals surface area contributed by atoms with Crippen molar-refractivity contribution < 1.29 is 20.2 Å². The third-order valence-corrected chi connectivity index (χ3v) is 2.89. The molecule has 19 heavy (non-hydrogen) atoms. The zero-order chi connectivity index (χ0) is 14.0. The van der Waals surface area contributed by atoms with Gasteiger partial charge < -0.3 is 20.2 Å². The molecule has 3 atom stereocenters. The number of H-pyrrole nitrogens is 1. The van der Waals surface area contributed by atoms with Gasteiger partial charge in [-0.25, -0.2) is 4.79 Å². The van der Waals surface area contributed by atoms with Gasteiger partial charge in [0.15, 0.2) is 0 Å². The molecule has 0 bridgehead atoms. The van der Waals surface area contributed by atoms with Crippen LogP contribution in [0.2, 0.25) is 0 Å². The highest BCUT2D eigenvalue weighted by atomic mass is 16.5. The molecule has 1 fully saturated rings. The topological polar surface area (TPSA) is 137 Å². The molecular formula is C10H13N3O6. The van der Waals surface area contributed by atoms with Gasteiger partial charge in [0, 0.05) is 12.6 Å². The van der Waals surface area contributed by atoms with Gasteiger partial charge in [-0.05, 0) is 0 Å². The van der Waals surface area contributed by atoms with Crippen molar-refractivity contribution in [2.75, 3.05) is 6.61 Å². The average Bonchev–Trinajstić information content (AvgIpc) is 2.74. The Hall–Kier alpha value is -1.97. The maximum absolute atomic E-state index is 11.7. The number of rotatable bonds is 3. The van der Waals surface area contributed by atoms with Crippen molar-refractivity contribution in [3.8, 4) is 0 Å². The van der Waals surface area contributed by atoms with Crippen molar-refractivity contribution >= 4 is 6.21 Å². The van der Waals surface area contributed by atoms with Crippen molar-refractivity contribution in [2.45, 2.75) is 24.9 Å². The van der Waals surface area contributed by atoms with Crippen LogP contribution < -0.4 is 11.2 Å². The second kappa shape index (κ2) is 5.34. The molecule has 0 saturated carbocycles. The summed E-state index contributed by atoms with van der Waals surface area (Å²) >= 11 is 0. The van der Waals surface area contributed by atoms with Crippen LogP contribution in [0.1, 0.15) is 18.2 Å². The van der Waals surface area contributed by atoms with Crippen molar-refractivity contribution in [1.82, 2.24) is 9.55 Å². The molecular weight excluding hydrogens is 258 g/mol. The molecule has 9 nitrogen and oxygen atoms in total. The summed E-state index contributed by atoms with van der Waals surface area (Å²) in [6.07, 6.45) is -0.334. The summed E-state index contributed by atoms with van der Waals surface area (Å²) < 4.78 is 6.36. The van der Waals surface area contributed by atoms with E-state index in [9.17, 15) is 14.7 Å². The minimum Gasteiger partial charge on any atom is -0.411 e. The summed E-state index contributed by atoms with van der Waals surface area (Å²) in [5.41, 5.74) is -1.44. The first-order valence-electron chi connectivity index (χ1n) is 5.54. The molecule has 1 saturated heterocycles. The maximum atomic E-state index is 11.7. The van der Waals surface area contributed by atoms with Crippen LogP contribution in [0.5, 0.6) is 0 Å². The predicted octanol–water partition coefficient (Wildman–Crippen LogP) is -2.01. The number of nitrogens with one attached hydrogen (secondary N) is 1. The zero-order valence-electron chi connectivity index (χ0n) is 9.76. The highest BCUT2D eigenvalue weighted by Gasteiger charge is 2.35. The monoisotopic (exact) mass is 271 g/mol. The van der Waals surface area contributed by atoms with Crippen molar-refractivity contribution in [3.05, 3.63) is 32.6 Å². The van der Waals surface area contributed by atoms with Gasteiger partial charge in [0.05, 0.1) is 24.5 Å². The molecule has 1 aromatic heterocycles. The maximum Gasteiger partial charge on any atom is 0.330 e. The summed E-state index contributed by atoms with van der Waals surface area (Å²) in [4.78, 5) is 25.1. The van der Waals surface area contributed by atoms with Crippen LogP contribution in [-0.2, 0) is 4.74 Å². The number of oxime groups is 1. The molecule has 1 aliphatic heterocycles. The van der Waals surface area contributed by atoms with Crippen LogP contribution in [0.15, 0.2) is 20.9 Å². The van der Waals surface area contributed by atoms with Gasteiger partial charge in [-0.1, -0.05) is 5.16 Å². The minimum absolute atomic E-state index is 0.0346. The number of hydrogen-bond donors (Lipinski definition) is 4. The fourth-order valence-electron chi connectivity index (χ4n) is 1.92. The highest BCUT2D eigenvalue weighted by Crippen LogP contribution is 2.27. The predicted molar refractivity (Wildman–Crippen MR) is 62.3 cm³/mol. The summed E-state index contributed by atoms with van der Waals surface area (Å²) in [5, 5.41) is 29.7. The van der Waals surface area contributed by atoms with E-state index in [-0.39, 0.29) is 18.6 Å². The largest absolute Gasteiger partial charge is 0.411 e. The van der Waals surface area contributed by atoms with E-state index >= 15 is 0 Å². The Morgan fingerprint density at radius 3 is 2.89 bits per heavy atom. The summed E-state index contributed by atoms with van der Waals surface area (Å²) in [7, 11) is 0. The van der Waals surface area contributed by atoms with E-state index in [1.165, 1.54) is 0 Å². The van der Waals surface area contributed by atoms with Gasteiger partial charge in [0.25, 0.3) is 5.56 Å². The Morgan fingerprint density at radius 1 is 1.58 bits per heavy atom. The van der Waals surface area contributed by atoms with E-state index in [1.807, 2.05) is 4.98 Å². The quantitative estimate of drug-likeness (QED) is 0.284. The molecule has 0 radical (unpaired) electrons. The molecule has 0 aliphatic carbocycles. The molecule has 1 aliphatic rings. The molecule has 9 heteroatoms. The lowest BCUT2D eigenvalue weighted by Gasteiger charge is -2.14. The van der Waals surface area contributed by atoms with E-state index in [0.29, 0.717) is 0 Å². The first-order valence-corrected chi connectivity index (χ1v) is 5.54. The van der Waals surface area contributed by atoms with Crippen molar-refractivity contribution in [3.63, 3.8) is 0 Å². The first-order chi connectivity index (χ1) is 9.06. The van der Waals surface area contributed by atoms with E-state index in [4.69, 9.17) is 15.1 Å². The van der Waals surface area contributed by atoms with Crippen LogP contribution in [0.4, 0.5) is 0 Å². The standard InChI is InChI=1S/C10H13N3O6/c14-4-7-6(15)1-8(19-7)13-3-5(2-11-18)9(16)12-10(13)17/h2-3,6-8,14-15,18H,1,4H2,(H,12,16,17)/b11-2+. The number of aromatic nitrogens is 2. The van der Waals surface area contributed by atoms with E-state index in [1.54, 1.807) is 0 Å². The third-order valence-electron chi connectivity index (χ3n) is 2.89. The lowest BCUT2D eigenvalue weighted by atomic mass is 10.2. The molecule has 1 aromatic rings. The van der Waals surface area contributed by atoms with Gasteiger partial charge in [-0.2, -0.15) is 0 Å². The summed E-state index contributed by atoms with van der Waals surface area (Å²) in [6, 6.07) is 0. The second-order valence-electron chi connectivity index (χ2n) is 4.11. The Kier molecular flexibility index (Phi) is 3.79. The molecule has 104 valence electrons. The van der Waals surface area contributed by atoms with Crippen molar-refractivity contribution in [1.29, 1.82) is 0 Å². The van der Waals surface area contributed by atoms with Crippen LogP contribution in [0, 0.1) is 0 Å². The molecule has 0 amide bonds. The third kappa shape index (κ3) is 2.57. The second-order valence-corrected chi connectivity index (χ2v) is 4.11. The van der Waals surface area contributed by atoms with Crippen LogP contribution in [0.25, 0.3) is 0 Å². The van der Waals surface area contributed by atoms with Crippen LogP contribution in [0.3, 0.4) is 0 Å². The number of aromatic amines is 1. The Morgan fingerprint density at radius 2 is 2.32 bits per heavy atom. The van der Waals surface area contributed by atoms with E-state index < -0.39 is 29.7 Å². The normalized spacial score (nSPS) is 27.2. The number of aliphatic hydroxyl groups excluding tert-OH is 2.